The van der Waals surface area contributed by atoms with Crippen LogP contribution < -0.4 is 11.2 Å². The molecule has 0 atom stereocenters. The van der Waals surface area contributed by atoms with Crippen molar-refractivity contribution in [3.8, 4) is 5.69 Å². The SMILES string of the molecule is CCN(CC)C(=O)c1nn(-c2cccc(F)c2)c(=O)n(Cc2ccc(C(F)(F)F)cc2)c1=O. The van der Waals surface area contributed by atoms with Gasteiger partial charge in [0.05, 0.1) is 17.8 Å². The predicted molar refractivity (Wildman–Crippen MR) is 112 cm³/mol. The van der Waals surface area contributed by atoms with E-state index in [-0.39, 0.29) is 24.3 Å². The molecule has 1 heterocycles. The van der Waals surface area contributed by atoms with E-state index in [2.05, 4.69) is 5.10 Å². The smallest absolute Gasteiger partial charge is 0.338 e. The number of alkyl halides is 3. The number of carbonyl (C=O) groups is 1. The lowest BCUT2D eigenvalue weighted by Crippen LogP contribution is -2.46. The molecule has 0 N–H and O–H groups in total. The van der Waals surface area contributed by atoms with Crippen LogP contribution >= 0.6 is 0 Å². The Kier molecular flexibility index (Phi) is 6.80. The van der Waals surface area contributed by atoms with E-state index in [0.717, 1.165) is 41.1 Å². The molecular weight excluding hydrogens is 444 g/mol. The van der Waals surface area contributed by atoms with Crippen LogP contribution in [0.2, 0.25) is 0 Å². The molecule has 0 aliphatic heterocycles. The number of amides is 1. The van der Waals surface area contributed by atoms with Gasteiger partial charge in [-0.3, -0.25) is 14.2 Å². The molecule has 7 nitrogen and oxygen atoms in total. The van der Waals surface area contributed by atoms with Crippen molar-refractivity contribution in [3.63, 3.8) is 0 Å². The van der Waals surface area contributed by atoms with Gasteiger partial charge in [0, 0.05) is 13.1 Å². The average Bonchev–Trinajstić information content (AvgIpc) is 2.77. The lowest BCUT2D eigenvalue weighted by atomic mass is 10.1. The highest BCUT2D eigenvalue weighted by Gasteiger charge is 2.30. The van der Waals surface area contributed by atoms with Crippen molar-refractivity contribution in [2.24, 2.45) is 0 Å². The van der Waals surface area contributed by atoms with E-state index in [4.69, 9.17) is 0 Å². The molecule has 33 heavy (non-hydrogen) atoms. The molecule has 0 radical (unpaired) electrons. The average molecular weight is 464 g/mol. The van der Waals surface area contributed by atoms with E-state index in [9.17, 15) is 31.9 Å². The Hall–Kier alpha value is -3.76. The summed E-state index contributed by atoms with van der Waals surface area (Å²) in [5.74, 6) is -1.39. The first kappa shape index (κ1) is 23.9. The first-order valence-electron chi connectivity index (χ1n) is 10.0. The molecule has 1 amide bonds. The summed E-state index contributed by atoms with van der Waals surface area (Å²) in [6.45, 7) is 3.53. The van der Waals surface area contributed by atoms with Crippen molar-refractivity contribution in [2.45, 2.75) is 26.6 Å². The van der Waals surface area contributed by atoms with Crippen LogP contribution in [0, 0.1) is 5.82 Å². The Labute approximate surface area is 185 Å². The van der Waals surface area contributed by atoms with Crippen LogP contribution in [0.25, 0.3) is 5.69 Å². The molecule has 0 saturated heterocycles. The summed E-state index contributed by atoms with van der Waals surface area (Å²) in [6, 6.07) is 8.78. The topological polar surface area (TPSA) is 77.2 Å². The third kappa shape index (κ3) is 5.02. The van der Waals surface area contributed by atoms with Gasteiger partial charge >= 0.3 is 11.9 Å². The Morgan fingerprint density at radius 3 is 2.21 bits per heavy atom. The van der Waals surface area contributed by atoms with E-state index >= 15 is 0 Å². The predicted octanol–water partition coefficient (Wildman–Crippen LogP) is 3.08. The summed E-state index contributed by atoms with van der Waals surface area (Å²) in [5, 5.41) is 3.91. The fourth-order valence-corrected chi connectivity index (χ4v) is 3.21. The molecule has 0 bridgehead atoms. The summed E-state index contributed by atoms with van der Waals surface area (Å²) in [5.41, 5.74) is -3.21. The van der Waals surface area contributed by atoms with Gasteiger partial charge in [0.2, 0.25) is 5.69 Å². The Bertz CT molecular complexity index is 1280. The zero-order valence-corrected chi connectivity index (χ0v) is 17.8. The van der Waals surface area contributed by atoms with Crippen molar-refractivity contribution in [1.82, 2.24) is 19.2 Å². The number of halogens is 4. The standard InChI is InChI=1S/C22H20F4N4O3/c1-3-28(4-2)19(31)18-20(32)29(13-14-8-10-15(11-9-14)22(24,25)26)21(33)30(27-18)17-7-5-6-16(23)12-17/h5-12H,3-4,13H2,1-2H3. The Morgan fingerprint density at radius 1 is 1.03 bits per heavy atom. The maximum absolute atomic E-state index is 13.8. The van der Waals surface area contributed by atoms with Crippen LogP contribution in [0.3, 0.4) is 0 Å². The Balaban J connectivity index is 2.18. The van der Waals surface area contributed by atoms with Crippen molar-refractivity contribution in [3.05, 3.63) is 92.0 Å². The molecule has 11 heteroatoms. The van der Waals surface area contributed by atoms with Gasteiger partial charge in [0.25, 0.3) is 11.5 Å². The molecule has 0 aliphatic carbocycles. The molecule has 0 aliphatic rings. The van der Waals surface area contributed by atoms with Crippen LogP contribution in [0.4, 0.5) is 17.6 Å². The number of hydrogen-bond acceptors (Lipinski definition) is 4. The maximum Gasteiger partial charge on any atom is 0.416 e. The quantitative estimate of drug-likeness (QED) is 0.526. The molecule has 174 valence electrons. The lowest BCUT2D eigenvalue weighted by Gasteiger charge is -2.19. The van der Waals surface area contributed by atoms with Gasteiger partial charge < -0.3 is 4.90 Å². The van der Waals surface area contributed by atoms with Crippen LogP contribution in [0.5, 0.6) is 0 Å². The summed E-state index contributed by atoms with van der Waals surface area (Å²) in [4.78, 5) is 40.3. The second-order valence-electron chi connectivity index (χ2n) is 7.09. The second kappa shape index (κ2) is 9.39. The summed E-state index contributed by atoms with van der Waals surface area (Å²) >= 11 is 0. The number of rotatable bonds is 6. The van der Waals surface area contributed by atoms with Gasteiger partial charge in [-0.05, 0) is 49.7 Å². The third-order valence-electron chi connectivity index (χ3n) is 4.99. The summed E-state index contributed by atoms with van der Waals surface area (Å²) in [7, 11) is 0. The van der Waals surface area contributed by atoms with E-state index in [0.29, 0.717) is 4.57 Å². The van der Waals surface area contributed by atoms with Gasteiger partial charge in [0.15, 0.2) is 0 Å². The van der Waals surface area contributed by atoms with Crippen molar-refractivity contribution >= 4 is 5.91 Å². The molecular formula is C22H20F4N4O3. The molecule has 0 unspecified atom stereocenters. The minimum absolute atomic E-state index is 0.0187. The number of hydrogen-bond donors (Lipinski definition) is 0. The molecule has 3 aromatic rings. The van der Waals surface area contributed by atoms with E-state index in [1.165, 1.54) is 17.0 Å². The normalized spacial score (nSPS) is 11.5. The van der Waals surface area contributed by atoms with Crippen LogP contribution in [-0.2, 0) is 12.7 Å². The van der Waals surface area contributed by atoms with E-state index in [1.807, 2.05) is 0 Å². The molecule has 0 spiro atoms. The molecule has 0 saturated carbocycles. The summed E-state index contributed by atoms with van der Waals surface area (Å²) in [6.07, 6.45) is -4.54. The third-order valence-corrected chi connectivity index (χ3v) is 4.99. The lowest BCUT2D eigenvalue weighted by molar-refractivity contribution is -0.137. The van der Waals surface area contributed by atoms with Crippen LogP contribution in [0.1, 0.15) is 35.5 Å². The van der Waals surface area contributed by atoms with Crippen molar-refractivity contribution in [1.29, 1.82) is 0 Å². The van der Waals surface area contributed by atoms with Crippen molar-refractivity contribution < 1.29 is 22.4 Å². The molecule has 0 fully saturated rings. The molecule has 2 aromatic carbocycles. The fourth-order valence-electron chi connectivity index (χ4n) is 3.21. The van der Waals surface area contributed by atoms with Crippen LogP contribution in [-0.4, -0.2) is 38.2 Å². The molecule has 3 rings (SSSR count). The first-order chi connectivity index (χ1) is 15.6. The highest BCUT2D eigenvalue weighted by molar-refractivity contribution is 5.91. The second-order valence-corrected chi connectivity index (χ2v) is 7.09. The monoisotopic (exact) mass is 464 g/mol. The number of carbonyl (C=O) groups excluding carboxylic acids is 1. The highest BCUT2D eigenvalue weighted by atomic mass is 19.4. The highest BCUT2D eigenvalue weighted by Crippen LogP contribution is 2.29. The van der Waals surface area contributed by atoms with Crippen LogP contribution in [0.15, 0.2) is 58.1 Å². The van der Waals surface area contributed by atoms with Crippen molar-refractivity contribution in [2.75, 3.05) is 13.1 Å². The van der Waals surface area contributed by atoms with Gasteiger partial charge in [-0.25, -0.2) is 9.18 Å². The van der Waals surface area contributed by atoms with Gasteiger partial charge in [-0.1, -0.05) is 18.2 Å². The van der Waals surface area contributed by atoms with Gasteiger partial charge in [-0.2, -0.15) is 23.0 Å². The van der Waals surface area contributed by atoms with E-state index < -0.39 is 47.0 Å². The number of benzene rings is 2. The zero-order valence-electron chi connectivity index (χ0n) is 17.8. The number of nitrogens with zero attached hydrogens (tertiary/aromatic N) is 4. The fraction of sp³-hybridized carbons (Fsp3) is 0.273. The van der Waals surface area contributed by atoms with Gasteiger partial charge in [0.1, 0.15) is 5.82 Å². The maximum atomic E-state index is 13.8. The van der Waals surface area contributed by atoms with E-state index in [1.54, 1.807) is 13.8 Å². The first-order valence-corrected chi connectivity index (χ1v) is 10.0. The minimum atomic E-state index is -4.54. The summed E-state index contributed by atoms with van der Waals surface area (Å²) < 4.78 is 53.7. The number of aromatic nitrogens is 3. The minimum Gasteiger partial charge on any atom is -0.338 e. The molecule has 1 aromatic heterocycles. The largest absolute Gasteiger partial charge is 0.416 e. The zero-order chi connectivity index (χ0) is 24.3. The Morgan fingerprint density at radius 2 is 1.67 bits per heavy atom. The van der Waals surface area contributed by atoms with Gasteiger partial charge in [-0.15, -0.1) is 0 Å².